The molecule has 1 unspecified atom stereocenters. The average molecular weight is 404 g/mol. The molecule has 2 rings (SSSR count). The largest absolute Gasteiger partial charge is 0.357 e. The van der Waals surface area contributed by atoms with Gasteiger partial charge >= 0.3 is 0 Å². The molecule has 29 heavy (non-hydrogen) atoms. The number of hydrogen-bond donors (Lipinski definition) is 2. The van der Waals surface area contributed by atoms with Crippen LogP contribution in [0.5, 0.6) is 0 Å². The predicted molar refractivity (Wildman–Crippen MR) is 116 cm³/mol. The zero-order chi connectivity index (χ0) is 22.0. The zero-order valence-electron chi connectivity index (χ0n) is 19.2. The van der Waals surface area contributed by atoms with Gasteiger partial charge in [0.05, 0.1) is 5.69 Å². The van der Waals surface area contributed by atoms with Crippen LogP contribution in [0.15, 0.2) is 6.08 Å². The summed E-state index contributed by atoms with van der Waals surface area (Å²) in [4.78, 5) is 32.5. The van der Waals surface area contributed by atoms with E-state index in [1.54, 1.807) is 7.05 Å². The van der Waals surface area contributed by atoms with Gasteiger partial charge in [-0.3, -0.25) is 9.59 Å². The molecule has 2 amide bonds. The number of nitrogens with one attached hydrogen (secondary N) is 2. The molecule has 0 spiro atoms. The number of amides is 2. The SMILES string of the molecule is CNC(=O)C(NC(=O)c1nc(C=CC(C)(C)C)n2c1CN(C)CCC2)C(C)(C)C. The maximum atomic E-state index is 13.2. The minimum atomic E-state index is -0.644. The topological polar surface area (TPSA) is 79.3 Å². The van der Waals surface area contributed by atoms with Gasteiger partial charge in [0.2, 0.25) is 5.91 Å². The Labute approximate surface area is 174 Å². The summed E-state index contributed by atoms with van der Waals surface area (Å²) < 4.78 is 2.15. The number of rotatable bonds is 4. The molecule has 7 heteroatoms. The van der Waals surface area contributed by atoms with E-state index in [0.29, 0.717) is 12.2 Å². The highest BCUT2D eigenvalue weighted by Gasteiger charge is 2.34. The third-order valence-corrected chi connectivity index (χ3v) is 5.04. The van der Waals surface area contributed by atoms with Crippen LogP contribution in [0.1, 0.15) is 70.0 Å². The van der Waals surface area contributed by atoms with Crippen LogP contribution in [0, 0.1) is 10.8 Å². The summed E-state index contributed by atoms with van der Waals surface area (Å²) in [5, 5.41) is 5.58. The van der Waals surface area contributed by atoms with Crippen molar-refractivity contribution in [2.75, 3.05) is 20.6 Å². The number of carbonyl (C=O) groups is 2. The van der Waals surface area contributed by atoms with Gasteiger partial charge in [-0.05, 0) is 36.9 Å². The minimum absolute atomic E-state index is 0.0207. The van der Waals surface area contributed by atoms with Crippen molar-refractivity contribution in [2.24, 2.45) is 10.8 Å². The Balaban J connectivity index is 2.45. The number of fused-ring (bicyclic) bond motifs is 1. The van der Waals surface area contributed by atoms with Gasteiger partial charge in [-0.15, -0.1) is 0 Å². The predicted octanol–water partition coefficient (Wildman–Crippen LogP) is 2.67. The van der Waals surface area contributed by atoms with Crippen molar-refractivity contribution in [1.29, 1.82) is 0 Å². The maximum absolute atomic E-state index is 13.2. The van der Waals surface area contributed by atoms with Gasteiger partial charge in [-0.25, -0.2) is 4.98 Å². The van der Waals surface area contributed by atoms with Crippen molar-refractivity contribution in [1.82, 2.24) is 25.1 Å². The lowest BCUT2D eigenvalue weighted by Gasteiger charge is -2.29. The monoisotopic (exact) mass is 403 g/mol. The number of carbonyl (C=O) groups excluding carboxylic acids is 2. The number of hydrogen-bond acceptors (Lipinski definition) is 4. The van der Waals surface area contributed by atoms with Gasteiger partial charge in [0.15, 0.2) is 5.69 Å². The fourth-order valence-electron chi connectivity index (χ4n) is 3.40. The lowest BCUT2D eigenvalue weighted by Crippen LogP contribution is -2.53. The van der Waals surface area contributed by atoms with E-state index in [0.717, 1.165) is 31.0 Å². The Morgan fingerprint density at radius 2 is 1.79 bits per heavy atom. The first-order valence-electron chi connectivity index (χ1n) is 10.3. The van der Waals surface area contributed by atoms with Crippen molar-refractivity contribution in [3.8, 4) is 0 Å². The van der Waals surface area contributed by atoms with E-state index in [-0.39, 0.29) is 17.2 Å². The molecule has 0 fully saturated rings. The fraction of sp³-hybridized carbons (Fsp3) is 0.682. The van der Waals surface area contributed by atoms with E-state index < -0.39 is 11.5 Å². The Morgan fingerprint density at radius 3 is 2.34 bits per heavy atom. The van der Waals surface area contributed by atoms with E-state index in [4.69, 9.17) is 4.98 Å². The van der Waals surface area contributed by atoms with Crippen LogP contribution < -0.4 is 10.6 Å². The maximum Gasteiger partial charge on any atom is 0.272 e. The summed E-state index contributed by atoms with van der Waals surface area (Å²) in [6.07, 6.45) is 5.12. The third kappa shape index (κ3) is 5.92. The highest BCUT2D eigenvalue weighted by Crippen LogP contribution is 2.24. The Kier molecular flexibility index (Phi) is 6.93. The number of aromatic nitrogens is 2. The molecule has 0 aliphatic carbocycles. The van der Waals surface area contributed by atoms with E-state index in [2.05, 4.69) is 54.0 Å². The van der Waals surface area contributed by atoms with Gasteiger partial charge in [0.1, 0.15) is 11.9 Å². The van der Waals surface area contributed by atoms with Crippen molar-refractivity contribution < 1.29 is 9.59 Å². The van der Waals surface area contributed by atoms with E-state index in [1.165, 1.54) is 0 Å². The van der Waals surface area contributed by atoms with Crippen molar-refractivity contribution >= 4 is 17.9 Å². The summed E-state index contributed by atoms with van der Waals surface area (Å²) in [5.74, 6) is 0.284. The number of allylic oxidation sites excluding steroid dienone is 1. The molecule has 0 aromatic carbocycles. The number of imidazole rings is 1. The molecule has 1 aromatic rings. The summed E-state index contributed by atoms with van der Waals surface area (Å²) in [5.41, 5.74) is 0.913. The Hall–Kier alpha value is -2.15. The Bertz CT molecular complexity index is 780. The molecule has 1 aromatic heterocycles. The molecule has 2 heterocycles. The summed E-state index contributed by atoms with van der Waals surface area (Å²) in [7, 11) is 3.64. The first-order valence-corrected chi connectivity index (χ1v) is 10.3. The zero-order valence-corrected chi connectivity index (χ0v) is 19.2. The summed E-state index contributed by atoms with van der Waals surface area (Å²) >= 11 is 0. The lowest BCUT2D eigenvalue weighted by atomic mass is 9.86. The van der Waals surface area contributed by atoms with Gasteiger partial charge in [-0.2, -0.15) is 0 Å². The van der Waals surface area contributed by atoms with Crippen LogP contribution >= 0.6 is 0 Å². The fourth-order valence-corrected chi connectivity index (χ4v) is 3.40. The van der Waals surface area contributed by atoms with Gasteiger partial charge in [-0.1, -0.05) is 47.6 Å². The molecule has 1 aliphatic heterocycles. The van der Waals surface area contributed by atoms with Crippen LogP contribution in [0.25, 0.3) is 6.08 Å². The molecule has 162 valence electrons. The van der Waals surface area contributed by atoms with Crippen molar-refractivity contribution in [3.63, 3.8) is 0 Å². The molecule has 7 nitrogen and oxygen atoms in total. The van der Waals surface area contributed by atoms with E-state index >= 15 is 0 Å². The quantitative estimate of drug-likeness (QED) is 0.810. The number of likely N-dealkylation sites (N-methyl/N-ethyl adjacent to an activating group) is 1. The second kappa shape index (κ2) is 8.69. The van der Waals surface area contributed by atoms with Gasteiger partial charge in [0, 0.05) is 20.1 Å². The first-order chi connectivity index (χ1) is 13.3. The Morgan fingerprint density at radius 1 is 1.14 bits per heavy atom. The second-order valence-electron chi connectivity index (χ2n) is 10.1. The van der Waals surface area contributed by atoms with Crippen molar-refractivity contribution in [2.45, 2.75) is 67.1 Å². The molecule has 0 saturated heterocycles. The lowest BCUT2D eigenvalue weighted by molar-refractivity contribution is -0.124. The van der Waals surface area contributed by atoms with Crippen LogP contribution in [0.4, 0.5) is 0 Å². The van der Waals surface area contributed by atoms with Crippen LogP contribution in [-0.2, 0) is 17.9 Å². The molecule has 1 aliphatic rings. The summed E-state index contributed by atoms with van der Waals surface area (Å²) in [6, 6.07) is -0.644. The molecule has 0 radical (unpaired) electrons. The van der Waals surface area contributed by atoms with Crippen molar-refractivity contribution in [3.05, 3.63) is 23.3 Å². The van der Waals surface area contributed by atoms with Crippen LogP contribution in [0.2, 0.25) is 0 Å². The molecular weight excluding hydrogens is 366 g/mol. The van der Waals surface area contributed by atoms with E-state index in [1.807, 2.05) is 26.8 Å². The first kappa shape index (κ1) is 23.1. The van der Waals surface area contributed by atoms with Crippen LogP contribution in [-0.4, -0.2) is 52.9 Å². The highest BCUT2D eigenvalue weighted by atomic mass is 16.2. The second-order valence-corrected chi connectivity index (χ2v) is 10.1. The van der Waals surface area contributed by atoms with Gasteiger partial charge in [0.25, 0.3) is 5.91 Å². The molecule has 1 atom stereocenters. The highest BCUT2D eigenvalue weighted by molar-refractivity contribution is 5.97. The minimum Gasteiger partial charge on any atom is -0.357 e. The van der Waals surface area contributed by atoms with E-state index in [9.17, 15) is 9.59 Å². The molecular formula is C22H37N5O2. The normalized spacial score (nSPS) is 17.0. The molecule has 2 N–H and O–H groups in total. The van der Waals surface area contributed by atoms with Gasteiger partial charge < -0.3 is 20.1 Å². The average Bonchev–Trinajstić information content (AvgIpc) is 2.81. The van der Waals surface area contributed by atoms with Crippen LogP contribution in [0.3, 0.4) is 0 Å². The standard InChI is InChI=1S/C22H37N5O2/c1-21(2,3)11-10-16-24-17(15-14-26(8)12-9-13-27(15)16)19(28)25-18(20(29)23-7)22(4,5)6/h10-11,18H,9,12-14H2,1-8H3,(H,23,29)(H,25,28). The smallest absolute Gasteiger partial charge is 0.272 e. The third-order valence-electron chi connectivity index (χ3n) is 5.04. The molecule has 0 saturated carbocycles. The molecule has 0 bridgehead atoms. The summed E-state index contributed by atoms with van der Waals surface area (Å²) in [6.45, 7) is 14.6. The number of nitrogens with zero attached hydrogens (tertiary/aromatic N) is 3.